The zero-order valence-electron chi connectivity index (χ0n) is 11.7. The maximum Gasteiger partial charge on any atom is 0.123 e. The molecule has 0 saturated carbocycles. The molecule has 0 aliphatic rings. The molecular weight excluding hydrogens is 256 g/mol. The normalized spacial score (nSPS) is 14.0. The summed E-state index contributed by atoms with van der Waals surface area (Å²) < 4.78 is 25.7. The third kappa shape index (κ3) is 4.14. The first-order valence-corrected chi connectivity index (χ1v) is 6.80. The van der Waals surface area contributed by atoms with Crippen molar-refractivity contribution in [2.24, 2.45) is 0 Å². The van der Waals surface area contributed by atoms with E-state index in [1.807, 2.05) is 6.92 Å². The van der Waals surface area contributed by atoms with Crippen LogP contribution >= 0.6 is 0 Å². The summed E-state index contributed by atoms with van der Waals surface area (Å²) in [6, 6.07) is 13.5. The lowest BCUT2D eigenvalue weighted by Gasteiger charge is -2.20. The Hall–Kier alpha value is -1.74. The van der Waals surface area contributed by atoms with E-state index >= 15 is 0 Å². The lowest BCUT2D eigenvalue weighted by Crippen LogP contribution is -2.30. The number of hydrogen-bond donors (Lipinski definition) is 1. The molecule has 3 heteroatoms. The van der Waals surface area contributed by atoms with Crippen molar-refractivity contribution in [2.75, 3.05) is 0 Å². The van der Waals surface area contributed by atoms with E-state index < -0.39 is 0 Å². The number of nitrogens with one attached hydrogen (secondary N) is 1. The van der Waals surface area contributed by atoms with Crippen LogP contribution in [0.2, 0.25) is 0 Å². The second-order valence-electron chi connectivity index (χ2n) is 5.17. The maximum absolute atomic E-state index is 12.9. The Morgan fingerprint density at radius 1 is 0.850 bits per heavy atom. The van der Waals surface area contributed by atoms with Crippen molar-refractivity contribution < 1.29 is 8.78 Å². The van der Waals surface area contributed by atoms with Gasteiger partial charge in [0.05, 0.1) is 0 Å². The van der Waals surface area contributed by atoms with E-state index in [-0.39, 0.29) is 23.7 Å². The van der Waals surface area contributed by atoms with Crippen LogP contribution in [0.1, 0.15) is 31.0 Å². The highest BCUT2D eigenvalue weighted by molar-refractivity contribution is 5.20. The number of halogens is 2. The molecule has 2 rings (SSSR count). The summed E-state index contributed by atoms with van der Waals surface area (Å²) >= 11 is 0. The van der Waals surface area contributed by atoms with Crippen molar-refractivity contribution in [3.05, 3.63) is 71.3 Å². The topological polar surface area (TPSA) is 12.0 Å². The molecule has 0 aromatic heterocycles. The van der Waals surface area contributed by atoms with Gasteiger partial charge in [-0.25, -0.2) is 8.78 Å². The zero-order valence-corrected chi connectivity index (χ0v) is 11.7. The second kappa shape index (κ2) is 6.62. The Balaban J connectivity index is 1.92. The lowest BCUT2D eigenvalue weighted by atomic mass is 10.0. The molecule has 0 aliphatic carbocycles. The van der Waals surface area contributed by atoms with Crippen LogP contribution in [0.25, 0.3) is 0 Å². The van der Waals surface area contributed by atoms with Crippen molar-refractivity contribution in [2.45, 2.75) is 32.4 Å². The largest absolute Gasteiger partial charge is 0.307 e. The number of benzene rings is 2. The van der Waals surface area contributed by atoms with E-state index in [0.717, 1.165) is 17.5 Å². The van der Waals surface area contributed by atoms with Crippen molar-refractivity contribution >= 4 is 0 Å². The van der Waals surface area contributed by atoms with Crippen molar-refractivity contribution in [1.82, 2.24) is 5.32 Å². The van der Waals surface area contributed by atoms with Gasteiger partial charge in [-0.3, -0.25) is 0 Å². The Morgan fingerprint density at radius 3 is 1.90 bits per heavy atom. The van der Waals surface area contributed by atoms with Gasteiger partial charge in [-0.2, -0.15) is 0 Å². The van der Waals surface area contributed by atoms with E-state index in [1.165, 1.54) is 24.3 Å². The minimum absolute atomic E-state index is 0.144. The third-order valence-electron chi connectivity index (χ3n) is 3.36. The first-order valence-electron chi connectivity index (χ1n) is 6.80. The summed E-state index contributed by atoms with van der Waals surface area (Å²) in [4.78, 5) is 0. The highest BCUT2D eigenvalue weighted by atomic mass is 19.1. The second-order valence-corrected chi connectivity index (χ2v) is 5.17. The molecule has 0 bridgehead atoms. The molecule has 2 aromatic rings. The molecular formula is C17H19F2N. The molecule has 0 amide bonds. The smallest absolute Gasteiger partial charge is 0.123 e. The minimum atomic E-state index is -0.222. The predicted molar refractivity (Wildman–Crippen MR) is 77.5 cm³/mol. The minimum Gasteiger partial charge on any atom is -0.307 e. The molecule has 0 spiro atoms. The van der Waals surface area contributed by atoms with E-state index in [1.54, 1.807) is 24.3 Å². The quantitative estimate of drug-likeness (QED) is 0.860. The summed E-state index contributed by atoms with van der Waals surface area (Å²) in [5, 5.41) is 3.46. The summed E-state index contributed by atoms with van der Waals surface area (Å²) in [5.74, 6) is -0.436. The van der Waals surface area contributed by atoms with E-state index in [2.05, 4.69) is 12.2 Å². The summed E-state index contributed by atoms with van der Waals surface area (Å²) in [6.07, 6.45) is 0.825. The van der Waals surface area contributed by atoms with Crippen molar-refractivity contribution in [1.29, 1.82) is 0 Å². The predicted octanol–water partition coefficient (Wildman–Crippen LogP) is 4.25. The highest BCUT2D eigenvalue weighted by Crippen LogP contribution is 2.15. The summed E-state index contributed by atoms with van der Waals surface area (Å²) in [5.41, 5.74) is 2.15. The molecule has 2 unspecified atom stereocenters. The molecule has 0 radical (unpaired) electrons. The third-order valence-corrected chi connectivity index (χ3v) is 3.36. The fourth-order valence-corrected chi connectivity index (χ4v) is 2.31. The standard InChI is InChI=1S/C17H19F2N/c1-12(11-14-3-7-16(18)8-4-14)20-13(2)15-5-9-17(19)10-6-15/h3-10,12-13,20H,11H2,1-2H3. The molecule has 106 valence electrons. The van der Waals surface area contributed by atoms with Crippen LogP contribution in [-0.4, -0.2) is 6.04 Å². The van der Waals surface area contributed by atoms with Gasteiger partial charge in [-0.15, -0.1) is 0 Å². The van der Waals surface area contributed by atoms with Gasteiger partial charge in [-0.05, 0) is 55.7 Å². The first-order chi connectivity index (χ1) is 9.54. The molecule has 0 fully saturated rings. The van der Waals surface area contributed by atoms with Crippen LogP contribution in [0.15, 0.2) is 48.5 Å². The van der Waals surface area contributed by atoms with Gasteiger partial charge in [0.15, 0.2) is 0 Å². The molecule has 2 aromatic carbocycles. The number of rotatable bonds is 5. The molecule has 0 heterocycles. The highest BCUT2D eigenvalue weighted by Gasteiger charge is 2.10. The fourth-order valence-electron chi connectivity index (χ4n) is 2.31. The van der Waals surface area contributed by atoms with Gasteiger partial charge in [0, 0.05) is 12.1 Å². The lowest BCUT2D eigenvalue weighted by molar-refractivity contribution is 0.476. The Kier molecular flexibility index (Phi) is 4.85. The van der Waals surface area contributed by atoms with Crippen LogP contribution in [0.3, 0.4) is 0 Å². The van der Waals surface area contributed by atoms with Crippen LogP contribution in [-0.2, 0) is 6.42 Å². The molecule has 2 atom stereocenters. The Labute approximate surface area is 118 Å². The van der Waals surface area contributed by atoms with E-state index in [9.17, 15) is 8.78 Å². The molecule has 20 heavy (non-hydrogen) atoms. The molecule has 0 saturated heterocycles. The van der Waals surface area contributed by atoms with Crippen molar-refractivity contribution in [3.8, 4) is 0 Å². The molecule has 1 nitrogen and oxygen atoms in total. The fraction of sp³-hybridized carbons (Fsp3) is 0.294. The monoisotopic (exact) mass is 275 g/mol. The van der Waals surface area contributed by atoms with Crippen molar-refractivity contribution in [3.63, 3.8) is 0 Å². The van der Waals surface area contributed by atoms with Gasteiger partial charge in [0.2, 0.25) is 0 Å². The van der Waals surface area contributed by atoms with Crippen LogP contribution in [0.4, 0.5) is 8.78 Å². The molecule has 0 aliphatic heterocycles. The van der Waals surface area contributed by atoms with Gasteiger partial charge < -0.3 is 5.32 Å². The summed E-state index contributed by atoms with van der Waals surface area (Å²) in [6.45, 7) is 4.14. The Morgan fingerprint density at radius 2 is 1.35 bits per heavy atom. The van der Waals surface area contributed by atoms with Gasteiger partial charge in [0.1, 0.15) is 11.6 Å². The first kappa shape index (κ1) is 14.7. The van der Waals surface area contributed by atoms with E-state index in [4.69, 9.17) is 0 Å². The SMILES string of the molecule is CC(Cc1ccc(F)cc1)NC(C)c1ccc(F)cc1. The van der Waals surface area contributed by atoms with Gasteiger partial charge in [-0.1, -0.05) is 24.3 Å². The average molecular weight is 275 g/mol. The maximum atomic E-state index is 12.9. The average Bonchev–Trinajstić information content (AvgIpc) is 2.42. The Bertz CT molecular complexity index is 534. The van der Waals surface area contributed by atoms with Crippen LogP contribution < -0.4 is 5.32 Å². The van der Waals surface area contributed by atoms with Gasteiger partial charge >= 0.3 is 0 Å². The van der Waals surface area contributed by atoms with Crippen LogP contribution in [0.5, 0.6) is 0 Å². The summed E-state index contributed by atoms with van der Waals surface area (Å²) in [7, 11) is 0. The van der Waals surface area contributed by atoms with Crippen LogP contribution in [0, 0.1) is 11.6 Å². The van der Waals surface area contributed by atoms with E-state index in [0.29, 0.717) is 0 Å². The number of hydrogen-bond acceptors (Lipinski definition) is 1. The molecule has 1 N–H and O–H groups in total. The van der Waals surface area contributed by atoms with Gasteiger partial charge in [0.25, 0.3) is 0 Å². The zero-order chi connectivity index (χ0) is 14.5.